The van der Waals surface area contributed by atoms with Crippen LogP contribution in [0.25, 0.3) is 10.2 Å². The molecule has 8 heteroatoms. The first-order chi connectivity index (χ1) is 11.4. The van der Waals surface area contributed by atoms with E-state index in [9.17, 15) is 13.6 Å². The number of anilines is 2. The molecule has 0 radical (unpaired) electrons. The molecule has 0 aliphatic rings. The van der Waals surface area contributed by atoms with E-state index < -0.39 is 17.7 Å². The SMILES string of the molecule is Cc1cc(C#N)cc(NC(=O)Nc2nc3c(F)cc(F)cc3s2)c1. The van der Waals surface area contributed by atoms with Gasteiger partial charge in [-0.05, 0) is 36.8 Å². The van der Waals surface area contributed by atoms with Crippen LogP contribution in [-0.2, 0) is 0 Å². The van der Waals surface area contributed by atoms with Crippen LogP contribution in [0, 0.1) is 29.9 Å². The van der Waals surface area contributed by atoms with Crippen molar-refractivity contribution in [2.45, 2.75) is 6.92 Å². The summed E-state index contributed by atoms with van der Waals surface area (Å²) >= 11 is 0.960. The van der Waals surface area contributed by atoms with Crippen molar-refractivity contribution in [1.82, 2.24) is 4.98 Å². The van der Waals surface area contributed by atoms with Gasteiger partial charge in [0.1, 0.15) is 11.3 Å². The summed E-state index contributed by atoms with van der Waals surface area (Å²) in [4.78, 5) is 16.0. The molecule has 0 spiro atoms. The number of halogens is 2. The Morgan fingerprint density at radius 1 is 1.21 bits per heavy atom. The van der Waals surface area contributed by atoms with Gasteiger partial charge in [0.15, 0.2) is 10.9 Å². The zero-order valence-electron chi connectivity index (χ0n) is 12.4. The highest BCUT2D eigenvalue weighted by atomic mass is 32.1. The summed E-state index contributed by atoms with van der Waals surface area (Å²) < 4.78 is 27.1. The lowest BCUT2D eigenvalue weighted by atomic mass is 10.1. The van der Waals surface area contributed by atoms with Gasteiger partial charge in [0, 0.05) is 11.8 Å². The minimum absolute atomic E-state index is 0.000905. The van der Waals surface area contributed by atoms with Crippen LogP contribution in [0.15, 0.2) is 30.3 Å². The second kappa shape index (κ2) is 6.22. The molecule has 0 atom stereocenters. The Morgan fingerprint density at radius 2 is 2.00 bits per heavy atom. The number of urea groups is 1. The van der Waals surface area contributed by atoms with Gasteiger partial charge in [0.25, 0.3) is 0 Å². The molecule has 2 N–H and O–H groups in total. The van der Waals surface area contributed by atoms with E-state index in [1.807, 2.05) is 6.07 Å². The Bertz CT molecular complexity index is 994. The Morgan fingerprint density at radius 3 is 2.75 bits per heavy atom. The zero-order valence-corrected chi connectivity index (χ0v) is 13.2. The molecule has 2 aromatic carbocycles. The number of rotatable bonds is 2. The van der Waals surface area contributed by atoms with Crippen molar-refractivity contribution in [3.05, 3.63) is 53.1 Å². The molecule has 0 fully saturated rings. The number of fused-ring (bicyclic) bond motifs is 1. The van der Waals surface area contributed by atoms with Gasteiger partial charge >= 0.3 is 6.03 Å². The van der Waals surface area contributed by atoms with E-state index >= 15 is 0 Å². The summed E-state index contributed by atoms with van der Waals surface area (Å²) in [5.74, 6) is -1.49. The Labute approximate surface area is 139 Å². The Balaban J connectivity index is 1.79. The van der Waals surface area contributed by atoms with Gasteiger partial charge in [-0.1, -0.05) is 11.3 Å². The number of amides is 2. The highest BCUT2D eigenvalue weighted by Gasteiger charge is 2.13. The first-order valence-electron chi connectivity index (χ1n) is 6.80. The summed E-state index contributed by atoms with van der Waals surface area (Å²) in [6.45, 7) is 1.80. The smallest absolute Gasteiger partial charge is 0.308 e. The third-order valence-electron chi connectivity index (χ3n) is 3.10. The molecule has 0 saturated heterocycles. The third-order valence-corrected chi connectivity index (χ3v) is 4.02. The topological polar surface area (TPSA) is 77.8 Å². The highest BCUT2D eigenvalue weighted by molar-refractivity contribution is 7.22. The maximum Gasteiger partial charge on any atom is 0.325 e. The molecule has 3 rings (SSSR count). The average Bonchev–Trinajstić information content (AvgIpc) is 2.88. The highest BCUT2D eigenvalue weighted by Crippen LogP contribution is 2.28. The van der Waals surface area contributed by atoms with Crippen molar-refractivity contribution in [1.29, 1.82) is 5.26 Å². The van der Waals surface area contributed by atoms with Crippen molar-refractivity contribution in [3.63, 3.8) is 0 Å². The normalized spacial score (nSPS) is 10.4. The average molecular weight is 344 g/mol. The van der Waals surface area contributed by atoms with Crippen LogP contribution in [0.2, 0.25) is 0 Å². The van der Waals surface area contributed by atoms with Crippen molar-refractivity contribution in [3.8, 4) is 6.07 Å². The molecule has 5 nitrogen and oxygen atoms in total. The lowest BCUT2D eigenvalue weighted by Crippen LogP contribution is -2.19. The molecular weight excluding hydrogens is 334 g/mol. The van der Waals surface area contributed by atoms with Crippen LogP contribution in [-0.4, -0.2) is 11.0 Å². The predicted octanol–water partition coefficient (Wildman–Crippen LogP) is 4.40. The first kappa shape index (κ1) is 15.8. The van der Waals surface area contributed by atoms with Gasteiger partial charge < -0.3 is 5.32 Å². The number of nitriles is 1. The van der Waals surface area contributed by atoms with E-state index in [0.717, 1.165) is 29.0 Å². The van der Waals surface area contributed by atoms with Crippen molar-refractivity contribution in [2.75, 3.05) is 10.6 Å². The van der Waals surface area contributed by atoms with Gasteiger partial charge in [-0.2, -0.15) is 5.26 Å². The fourth-order valence-corrected chi connectivity index (χ4v) is 3.09. The molecule has 120 valence electrons. The number of nitrogens with zero attached hydrogens (tertiary/aromatic N) is 2. The number of nitrogens with one attached hydrogen (secondary N) is 2. The second-order valence-corrected chi connectivity index (χ2v) is 6.06. The lowest BCUT2D eigenvalue weighted by Gasteiger charge is -2.06. The third kappa shape index (κ3) is 3.31. The van der Waals surface area contributed by atoms with E-state index in [-0.39, 0.29) is 10.6 Å². The van der Waals surface area contributed by atoms with Crippen molar-refractivity contribution < 1.29 is 13.6 Å². The van der Waals surface area contributed by atoms with Gasteiger partial charge in [-0.15, -0.1) is 0 Å². The molecule has 24 heavy (non-hydrogen) atoms. The van der Waals surface area contributed by atoms with Crippen LogP contribution in [0.4, 0.5) is 24.4 Å². The monoisotopic (exact) mass is 344 g/mol. The molecular formula is C16H10F2N4OS. The lowest BCUT2D eigenvalue weighted by molar-refractivity contribution is 0.262. The van der Waals surface area contributed by atoms with Crippen molar-refractivity contribution in [2.24, 2.45) is 0 Å². The van der Waals surface area contributed by atoms with Gasteiger partial charge in [-0.3, -0.25) is 5.32 Å². The molecule has 0 unspecified atom stereocenters. The quantitative estimate of drug-likeness (QED) is 0.723. The van der Waals surface area contributed by atoms with Gasteiger partial charge in [0.05, 0.1) is 16.3 Å². The first-order valence-corrected chi connectivity index (χ1v) is 7.61. The summed E-state index contributed by atoms with van der Waals surface area (Å²) in [6.07, 6.45) is 0. The number of carbonyl (C=O) groups excluding carboxylic acids is 1. The maximum absolute atomic E-state index is 13.6. The number of aromatic nitrogens is 1. The molecule has 0 aliphatic heterocycles. The number of thiazole rings is 1. The van der Waals surface area contributed by atoms with E-state index in [1.54, 1.807) is 19.1 Å². The summed E-state index contributed by atoms with van der Waals surface area (Å²) in [5, 5.41) is 14.1. The largest absolute Gasteiger partial charge is 0.325 e. The number of benzene rings is 2. The number of carbonyl (C=O) groups is 1. The molecule has 0 saturated carbocycles. The van der Waals surface area contributed by atoms with Crippen LogP contribution in [0.5, 0.6) is 0 Å². The standard InChI is InChI=1S/C16H10F2N4OS/c1-8-2-9(7-19)4-11(3-8)20-15(23)22-16-21-14-12(18)5-10(17)6-13(14)24-16/h2-6H,1H3,(H2,20,21,22,23). The zero-order chi connectivity index (χ0) is 17.3. The Hall–Kier alpha value is -3.05. The van der Waals surface area contributed by atoms with Crippen LogP contribution in [0.1, 0.15) is 11.1 Å². The predicted molar refractivity (Wildman–Crippen MR) is 88.1 cm³/mol. The second-order valence-electron chi connectivity index (χ2n) is 5.03. The number of aryl methyl sites for hydroxylation is 1. The van der Waals surface area contributed by atoms with Gasteiger partial charge in [0.2, 0.25) is 0 Å². The number of hydrogen-bond donors (Lipinski definition) is 2. The summed E-state index contributed by atoms with van der Waals surface area (Å²) in [6, 6.07) is 8.22. The van der Waals surface area contributed by atoms with E-state index in [1.165, 1.54) is 6.07 Å². The van der Waals surface area contributed by atoms with Crippen LogP contribution >= 0.6 is 11.3 Å². The molecule has 0 bridgehead atoms. The van der Waals surface area contributed by atoms with Crippen molar-refractivity contribution >= 4 is 38.4 Å². The fourth-order valence-electron chi connectivity index (χ4n) is 2.19. The summed E-state index contributed by atoms with van der Waals surface area (Å²) in [7, 11) is 0. The summed E-state index contributed by atoms with van der Waals surface area (Å²) in [5.41, 5.74) is 1.69. The molecule has 1 heterocycles. The fraction of sp³-hybridized carbons (Fsp3) is 0.0625. The van der Waals surface area contributed by atoms with Crippen LogP contribution in [0.3, 0.4) is 0 Å². The number of hydrogen-bond acceptors (Lipinski definition) is 4. The van der Waals surface area contributed by atoms with Crippen LogP contribution < -0.4 is 10.6 Å². The minimum Gasteiger partial charge on any atom is -0.308 e. The van der Waals surface area contributed by atoms with E-state index in [0.29, 0.717) is 16.0 Å². The molecule has 0 aliphatic carbocycles. The van der Waals surface area contributed by atoms with Gasteiger partial charge in [-0.25, -0.2) is 18.6 Å². The molecule has 3 aromatic rings. The molecule has 1 aromatic heterocycles. The van der Waals surface area contributed by atoms with E-state index in [2.05, 4.69) is 15.6 Å². The van der Waals surface area contributed by atoms with E-state index in [4.69, 9.17) is 5.26 Å². The Kier molecular flexibility index (Phi) is 4.10. The molecule has 2 amide bonds. The maximum atomic E-state index is 13.6. The minimum atomic E-state index is -0.785.